The first kappa shape index (κ1) is 33.3. The highest BCUT2D eigenvalue weighted by Gasteiger charge is 2.18. The van der Waals surface area contributed by atoms with E-state index in [4.69, 9.17) is 19.4 Å². The van der Waals surface area contributed by atoms with Gasteiger partial charge in [0.1, 0.15) is 13.2 Å². The van der Waals surface area contributed by atoms with E-state index >= 15 is 0 Å². The van der Waals surface area contributed by atoms with Gasteiger partial charge in [-0.3, -0.25) is 9.59 Å². The lowest BCUT2D eigenvalue weighted by molar-refractivity contribution is -0.143. The molecule has 0 saturated carbocycles. The summed E-state index contributed by atoms with van der Waals surface area (Å²) in [7, 11) is 0. The number of rotatable bonds is 11. The van der Waals surface area contributed by atoms with Crippen LogP contribution in [-0.4, -0.2) is 54.6 Å². The van der Waals surface area contributed by atoms with E-state index in [9.17, 15) is 9.59 Å². The summed E-state index contributed by atoms with van der Waals surface area (Å²) in [6.45, 7) is 9.28. The van der Waals surface area contributed by atoms with Crippen LogP contribution >= 0.6 is 0 Å². The molecular weight excluding hydrogens is 628 g/mol. The molecule has 50 heavy (non-hydrogen) atoms. The highest BCUT2D eigenvalue weighted by Crippen LogP contribution is 2.29. The van der Waals surface area contributed by atoms with Crippen LogP contribution in [0.15, 0.2) is 68.3 Å². The SMILES string of the molecule is C=CCOC(=O)CCc1c2nc(c(C#CC#CC)c3nc(c(CCC(=O)OCC=C)c4ccc([nH]4)c(-n4ccnc4)c4ccc1[nH]4)C=C3)C=C2. The molecule has 10 heteroatoms. The third-order valence-corrected chi connectivity index (χ3v) is 7.96. The maximum atomic E-state index is 12.6. The predicted octanol–water partition coefficient (Wildman–Crippen LogP) is 6.54. The average molecular weight is 663 g/mol. The summed E-state index contributed by atoms with van der Waals surface area (Å²) in [6, 6.07) is 7.93. The number of aryl methyl sites for hydroxylation is 2. The fourth-order valence-corrected chi connectivity index (χ4v) is 5.69. The molecule has 0 atom stereocenters. The normalized spacial score (nSPS) is 11.2. The van der Waals surface area contributed by atoms with Crippen molar-refractivity contribution in [1.82, 2.24) is 29.5 Å². The van der Waals surface area contributed by atoms with Crippen LogP contribution in [0.5, 0.6) is 0 Å². The lowest BCUT2D eigenvalue weighted by Gasteiger charge is -2.06. The number of fused-ring (bicyclic) bond motifs is 8. The molecule has 0 fully saturated rings. The van der Waals surface area contributed by atoms with Gasteiger partial charge in [0.2, 0.25) is 0 Å². The third kappa shape index (κ3) is 7.40. The molecule has 2 aliphatic heterocycles. The Bertz CT molecular complexity index is 2210. The van der Waals surface area contributed by atoms with Crippen LogP contribution in [0, 0.1) is 23.7 Å². The van der Waals surface area contributed by atoms with Gasteiger partial charge < -0.3 is 24.0 Å². The molecular formula is C40H34N6O4. The van der Waals surface area contributed by atoms with E-state index in [1.54, 1.807) is 31.6 Å². The summed E-state index contributed by atoms with van der Waals surface area (Å²) >= 11 is 0. The maximum absolute atomic E-state index is 12.6. The molecule has 4 aromatic rings. The van der Waals surface area contributed by atoms with Crippen LogP contribution < -0.4 is 0 Å². The average Bonchev–Trinajstić information content (AvgIpc) is 3.97. The van der Waals surface area contributed by atoms with E-state index in [1.165, 1.54) is 0 Å². The molecule has 0 amide bonds. The molecule has 4 aromatic heterocycles. The lowest BCUT2D eigenvalue weighted by atomic mass is 10.1. The van der Waals surface area contributed by atoms with Crippen molar-refractivity contribution in [2.45, 2.75) is 32.6 Å². The number of nitrogens with zero attached hydrogens (tertiary/aromatic N) is 4. The second-order valence-electron chi connectivity index (χ2n) is 11.2. The smallest absolute Gasteiger partial charge is 0.306 e. The quantitative estimate of drug-likeness (QED) is 0.0916. The summed E-state index contributed by atoms with van der Waals surface area (Å²) < 4.78 is 12.5. The van der Waals surface area contributed by atoms with Crippen molar-refractivity contribution in [3.05, 3.63) is 108 Å². The first-order chi connectivity index (χ1) is 24.5. The van der Waals surface area contributed by atoms with Gasteiger partial charge in [-0.15, -0.1) is 0 Å². The number of hydrogen-bond acceptors (Lipinski definition) is 7. The molecule has 2 aliphatic rings. The Balaban J connectivity index is 1.66. The van der Waals surface area contributed by atoms with Gasteiger partial charge in [0.05, 0.1) is 51.4 Å². The van der Waals surface area contributed by atoms with Crippen molar-refractivity contribution in [3.8, 4) is 29.4 Å². The standard InChI is InChI=1S/C40H34N6O4/c1-4-7-8-9-27-30-12-14-32(42-30)28(10-20-38(47)49-24-5-2)34-16-18-36(44-34)40(46-23-22-41-26-46)37-19-17-35(45-37)29(33-15-13-31(27)43-33)11-21-39(48)50-25-6-3/h5-6,12-19,22-23,26,44-45H,2-3,10-11,20-21,24-25H2,1H3. The van der Waals surface area contributed by atoms with Gasteiger partial charge in [0.25, 0.3) is 0 Å². The Morgan fingerprint density at radius 1 is 0.780 bits per heavy atom. The van der Waals surface area contributed by atoms with E-state index in [-0.39, 0.29) is 38.0 Å². The third-order valence-electron chi connectivity index (χ3n) is 7.96. The molecule has 0 saturated heterocycles. The summed E-state index contributed by atoms with van der Waals surface area (Å²) in [5, 5.41) is 0. The summed E-state index contributed by atoms with van der Waals surface area (Å²) in [4.78, 5) is 46.7. The summed E-state index contributed by atoms with van der Waals surface area (Å²) in [5.41, 5.74) is 8.86. The zero-order valence-electron chi connectivity index (χ0n) is 27.6. The van der Waals surface area contributed by atoms with Crippen molar-refractivity contribution < 1.29 is 19.1 Å². The van der Waals surface area contributed by atoms with Crippen LogP contribution in [0.2, 0.25) is 0 Å². The molecule has 6 rings (SSSR count). The van der Waals surface area contributed by atoms with Crippen LogP contribution in [-0.2, 0) is 31.9 Å². The van der Waals surface area contributed by atoms with E-state index in [2.05, 4.69) is 51.8 Å². The Morgan fingerprint density at radius 3 is 1.78 bits per heavy atom. The first-order valence-electron chi connectivity index (χ1n) is 16.1. The molecule has 0 radical (unpaired) electrons. The van der Waals surface area contributed by atoms with E-state index in [0.717, 1.165) is 38.9 Å². The second kappa shape index (κ2) is 15.5. The minimum Gasteiger partial charge on any atom is -0.461 e. The molecule has 10 nitrogen and oxygen atoms in total. The topological polar surface area (TPSA) is 128 Å². The zero-order chi connectivity index (χ0) is 34.9. The number of nitrogens with one attached hydrogen (secondary N) is 2. The largest absolute Gasteiger partial charge is 0.461 e. The number of aromatic nitrogens is 6. The van der Waals surface area contributed by atoms with Crippen molar-refractivity contribution in [1.29, 1.82) is 0 Å². The van der Waals surface area contributed by atoms with Gasteiger partial charge in [-0.05, 0) is 86.1 Å². The Labute approximate surface area is 289 Å². The molecule has 0 unspecified atom stereocenters. The van der Waals surface area contributed by atoms with E-state index in [1.807, 2.05) is 59.3 Å². The van der Waals surface area contributed by atoms with Gasteiger partial charge in [0, 0.05) is 47.4 Å². The number of ether oxygens (including phenoxy) is 2. The van der Waals surface area contributed by atoms with Crippen LogP contribution in [0.1, 0.15) is 59.2 Å². The number of esters is 2. The zero-order valence-corrected chi connectivity index (χ0v) is 27.6. The summed E-state index contributed by atoms with van der Waals surface area (Å²) in [6.07, 6.45) is 17.1. The van der Waals surface area contributed by atoms with Crippen molar-refractivity contribution >= 4 is 58.3 Å². The Morgan fingerprint density at radius 2 is 1.30 bits per heavy atom. The maximum Gasteiger partial charge on any atom is 0.306 e. The van der Waals surface area contributed by atoms with Gasteiger partial charge in [-0.2, -0.15) is 0 Å². The molecule has 6 heterocycles. The van der Waals surface area contributed by atoms with Crippen molar-refractivity contribution in [2.75, 3.05) is 13.2 Å². The minimum atomic E-state index is -0.335. The number of carbonyl (C=O) groups is 2. The Kier molecular flexibility index (Phi) is 10.3. The van der Waals surface area contributed by atoms with Crippen LogP contribution in [0.3, 0.4) is 0 Å². The van der Waals surface area contributed by atoms with E-state index < -0.39 is 0 Å². The Hall–Kier alpha value is -6.65. The highest BCUT2D eigenvalue weighted by atomic mass is 16.5. The van der Waals surface area contributed by atoms with Crippen molar-refractivity contribution in [2.24, 2.45) is 0 Å². The number of aromatic amines is 2. The highest BCUT2D eigenvalue weighted by molar-refractivity contribution is 5.87. The molecule has 0 aromatic carbocycles. The van der Waals surface area contributed by atoms with Gasteiger partial charge in [-0.1, -0.05) is 31.2 Å². The molecule has 0 spiro atoms. The number of hydrogen-bond donors (Lipinski definition) is 2. The molecule has 2 N–H and O–H groups in total. The van der Waals surface area contributed by atoms with E-state index in [0.29, 0.717) is 41.2 Å². The van der Waals surface area contributed by atoms with Crippen LogP contribution in [0.4, 0.5) is 0 Å². The van der Waals surface area contributed by atoms with Gasteiger partial charge in [0.15, 0.2) is 0 Å². The number of H-pyrrole nitrogens is 2. The molecule has 248 valence electrons. The molecule has 8 bridgehead atoms. The number of carbonyl (C=O) groups excluding carboxylic acids is 2. The monoisotopic (exact) mass is 662 g/mol. The first-order valence-corrected chi connectivity index (χ1v) is 16.1. The van der Waals surface area contributed by atoms with Crippen LogP contribution in [0.25, 0.3) is 52.1 Å². The summed E-state index contributed by atoms with van der Waals surface area (Å²) in [5.74, 6) is 11.0. The van der Waals surface area contributed by atoms with Gasteiger partial charge in [-0.25, -0.2) is 15.0 Å². The lowest BCUT2D eigenvalue weighted by Crippen LogP contribution is -2.06. The van der Waals surface area contributed by atoms with Gasteiger partial charge >= 0.3 is 11.9 Å². The fourth-order valence-electron chi connectivity index (χ4n) is 5.69. The van der Waals surface area contributed by atoms with Crippen molar-refractivity contribution in [3.63, 3.8) is 0 Å². The number of imidazole rings is 1. The minimum absolute atomic E-state index is 0.145. The molecule has 0 aliphatic carbocycles. The fraction of sp³-hybridized carbons (Fsp3) is 0.175. The predicted molar refractivity (Wildman–Crippen MR) is 195 cm³/mol. The second-order valence-corrected chi connectivity index (χ2v) is 11.2.